The van der Waals surface area contributed by atoms with Crippen LogP contribution in [-0.2, 0) is 0 Å². The van der Waals surface area contributed by atoms with Crippen LogP contribution in [0, 0.1) is 0 Å². The van der Waals surface area contributed by atoms with Crippen LogP contribution in [0.3, 0.4) is 0 Å². The zero-order chi connectivity index (χ0) is 15.7. The maximum atomic E-state index is 6.07. The van der Waals surface area contributed by atoms with Crippen LogP contribution in [0.15, 0.2) is 54.6 Å². The zero-order valence-corrected chi connectivity index (χ0v) is 14.0. The molecule has 0 radical (unpaired) electrons. The second-order valence-corrected chi connectivity index (χ2v) is 6.48. The zero-order valence-electron chi connectivity index (χ0n) is 14.0. The molecule has 2 heteroatoms. The van der Waals surface area contributed by atoms with Gasteiger partial charge < -0.3 is 9.64 Å². The van der Waals surface area contributed by atoms with E-state index in [1.165, 1.54) is 56.4 Å². The summed E-state index contributed by atoms with van der Waals surface area (Å²) in [6.07, 6.45) is 6.67. The molecule has 122 valence electrons. The van der Waals surface area contributed by atoms with Crippen molar-refractivity contribution in [3.8, 4) is 16.9 Å². The van der Waals surface area contributed by atoms with Gasteiger partial charge in [-0.1, -0.05) is 48.5 Å². The van der Waals surface area contributed by atoms with Crippen LogP contribution < -0.4 is 9.64 Å². The first-order valence-corrected chi connectivity index (χ1v) is 9.04. The van der Waals surface area contributed by atoms with Gasteiger partial charge in [-0.3, -0.25) is 0 Å². The first kappa shape index (κ1) is 16.1. The Hall–Kier alpha value is -1.80. The van der Waals surface area contributed by atoms with E-state index >= 15 is 0 Å². The van der Waals surface area contributed by atoms with E-state index in [0.717, 1.165) is 18.8 Å². The minimum atomic E-state index is 0.817. The first-order chi connectivity index (χ1) is 11.4. The molecule has 0 atom stereocenters. The molecular formula is C21H28NO+. The number of piperidine rings is 1. The summed E-state index contributed by atoms with van der Waals surface area (Å²) < 4.78 is 6.07. The summed E-state index contributed by atoms with van der Waals surface area (Å²) in [4.78, 5) is 1.79. The predicted molar refractivity (Wildman–Crippen MR) is 96.0 cm³/mol. The topological polar surface area (TPSA) is 13.7 Å². The predicted octanol–water partition coefficient (Wildman–Crippen LogP) is 3.58. The van der Waals surface area contributed by atoms with E-state index in [1.54, 1.807) is 4.90 Å². The number of nitrogens with one attached hydrogen (secondary N) is 1. The Balaban J connectivity index is 1.47. The third-order valence-electron chi connectivity index (χ3n) is 4.71. The van der Waals surface area contributed by atoms with Gasteiger partial charge >= 0.3 is 0 Å². The number of para-hydroxylation sites is 1. The number of benzene rings is 2. The number of hydrogen-bond donors (Lipinski definition) is 1. The van der Waals surface area contributed by atoms with Crippen molar-refractivity contribution in [2.45, 2.75) is 32.1 Å². The van der Waals surface area contributed by atoms with E-state index in [9.17, 15) is 0 Å². The van der Waals surface area contributed by atoms with E-state index in [-0.39, 0.29) is 0 Å². The van der Waals surface area contributed by atoms with E-state index < -0.39 is 0 Å². The van der Waals surface area contributed by atoms with E-state index in [0.29, 0.717) is 0 Å². The molecular weight excluding hydrogens is 282 g/mol. The van der Waals surface area contributed by atoms with Crippen molar-refractivity contribution < 1.29 is 9.64 Å². The van der Waals surface area contributed by atoms with Gasteiger partial charge in [0.05, 0.1) is 26.2 Å². The van der Waals surface area contributed by atoms with Crippen molar-refractivity contribution in [3.63, 3.8) is 0 Å². The van der Waals surface area contributed by atoms with Crippen LogP contribution in [0.1, 0.15) is 32.1 Å². The summed E-state index contributed by atoms with van der Waals surface area (Å²) in [5.41, 5.74) is 2.41. The van der Waals surface area contributed by atoms with Gasteiger partial charge in [-0.15, -0.1) is 0 Å². The van der Waals surface area contributed by atoms with Gasteiger partial charge in [-0.25, -0.2) is 0 Å². The molecule has 3 rings (SSSR count). The summed E-state index contributed by atoms with van der Waals surface area (Å²) in [5.74, 6) is 1.00. The number of hydrogen-bond acceptors (Lipinski definition) is 1. The number of ether oxygens (including phenoxy) is 1. The summed E-state index contributed by atoms with van der Waals surface area (Å²) in [7, 11) is 0. The average Bonchev–Trinajstić information content (AvgIpc) is 2.63. The Morgan fingerprint density at radius 1 is 0.783 bits per heavy atom. The largest absolute Gasteiger partial charge is 0.493 e. The lowest BCUT2D eigenvalue weighted by Gasteiger charge is -2.23. The Bertz CT molecular complexity index is 575. The minimum absolute atomic E-state index is 0.817. The fraction of sp³-hybridized carbons (Fsp3) is 0.429. The lowest BCUT2D eigenvalue weighted by Crippen LogP contribution is -3.12. The van der Waals surface area contributed by atoms with Crippen molar-refractivity contribution >= 4 is 0 Å². The molecule has 1 fully saturated rings. The number of rotatable bonds is 7. The second-order valence-electron chi connectivity index (χ2n) is 6.48. The van der Waals surface area contributed by atoms with Crippen LogP contribution in [0.4, 0.5) is 0 Å². The minimum Gasteiger partial charge on any atom is -0.493 e. The highest BCUT2D eigenvalue weighted by Crippen LogP contribution is 2.29. The van der Waals surface area contributed by atoms with Gasteiger partial charge in [0.25, 0.3) is 0 Å². The van der Waals surface area contributed by atoms with Gasteiger partial charge in [0.15, 0.2) is 0 Å². The van der Waals surface area contributed by atoms with Gasteiger partial charge in [-0.2, -0.15) is 0 Å². The monoisotopic (exact) mass is 310 g/mol. The molecule has 1 aliphatic heterocycles. The number of quaternary nitrogens is 1. The van der Waals surface area contributed by atoms with E-state index in [2.05, 4.69) is 54.6 Å². The molecule has 2 nitrogen and oxygen atoms in total. The molecule has 0 aromatic heterocycles. The maximum Gasteiger partial charge on any atom is 0.127 e. The quantitative estimate of drug-likeness (QED) is 0.772. The number of likely N-dealkylation sites (tertiary alicyclic amines) is 1. The lowest BCUT2D eigenvalue weighted by molar-refractivity contribution is -0.905. The van der Waals surface area contributed by atoms with E-state index in [4.69, 9.17) is 4.74 Å². The molecule has 0 saturated carbocycles. The highest BCUT2D eigenvalue weighted by molar-refractivity contribution is 5.70. The molecule has 0 unspecified atom stereocenters. The molecule has 2 aromatic rings. The van der Waals surface area contributed by atoms with Gasteiger partial charge in [0.2, 0.25) is 0 Å². The fourth-order valence-corrected chi connectivity index (χ4v) is 3.41. The van der Waals surface area contributed by atoms with Crippen molar-refractivity contribution in [2.24, 2.45) is 0 Å². The van der Waals surface area contributed by atoms with E-state index in [1.807, 2.05) is 0 Å². The maximum absolute atomic E-state index is 6.07. The lowest BCUT2D eigenvalue weighted by atomic mass is 10.1. The van der Waals surface area contributed by atoms with Crippen LogP contribution >= 0.6 is 0 Å². The molecule has 2 aromatic carbocycles. The van der Waals surface area contributed by atoms with Crippen LogP contribution in [0.2, 0.25) is 0 Å². The fourth-order valence-electron chi connectivity index (χ4n) is 3.41. The second kappa shape index (κ2) is 8.73. The summed E-state index contributed by atoms with van der Waals surface area (Å²) in [6.45, 7) is 4.87. The normalized spacial score (nSPS) is 15.5. The molecule has 0 amide bonds. The summed E-state index contributed by atoms with van der Waals surface area (Å²) >= 11 is 0. The first-order valence-electron chi connectivity index (χ1n) is 9.04. The Kier molecular flexibility index (Phi) is 6.10. The van der Waals surface area contributed by atoms with Crippen LogP contribution in [-0.4, -0.2) is 26.2 Å². The Morgan fingerprint density at radius 2 is 1.52 bits per heavy atom. The molecule has 0 aliphatic carbocycles. The molecule has 23 heavy (non-hydrogen) atoms. The molecule has 0 spiro atoms. The third-order valence-corrected chi connectivity index (χ3v) is 4.71. The van der Waals surface area contributed by atoms with Crippen molar-refractivity contribution in [1.82, 2.24) is 0 Å². The highest BCUT2D eigenvalue weighted by atomic mass is 16.5. The Morgan fingerprint density at radius 3 is 2.35 bits per heavy atom. The third kappa shape index (κ3) is 4.84. The van der Waals surface area contributed by atoms with Crippen LogP contribution in [0.25, 0.3) is 11.1 Å². The van der Waals surface area contributed by atoms with Crippen molar-refractivity contribution in [2.75, 3.05) is 26.2 Å². The van der Waals surface area contributed by atoms with Gasteiger partial charge in [0, 0.05) is 5.56 Å². The van der Waals surface area contributed by atoms with Gasteiger partial charge in [-0.05, 0) is 43.7 Å². The average molecular weight is 310 g/mol. The summed E-state index contributed by atoms with van der Waals surface area (Å²) in [6, 6.07) is 18.8. The number of unbranched alkanes of at least 4 members (excludes halogenated alkanes) is 1. The molecule has 1 saturated heterocycles. The molecule has 1 aliphatic rings. The standard InChI is InChI=1S/C21H27NO/c1-3-11-19(12-4-1)20-13-5-6-14-21(20)23-18-10-9-17-22-15-7-2-8-16-22/h1,3-6,11-14H,2,7-10,15-18H2/p+1. The van der Waals surface area contributed by atoms with Gasteiger partial charge in [0.1, 0.15) is 5.75 Å². The summed E-state index contributed by atoms with van der Waals surface area (Å²) in [5, 5.41) is 0. The molecule has 0 bridgehead atoms. The SMILES string of the molecule is c1ccc(-c2ccccc2OCCCC[NH+]2CCCCC2)cc1. The van der Waals surface area contributed by atoms with Crippen LogP contribution in [0.5, 0.6) is 5.75 Å². The molecule has 1 heterocycles. The Labute approximate surface area is 140 Å². The van der Waals surface area contributed by atoms with Crippen molar-refractivity contribution in [1.29, 1.82) is 0 Å². The molecule has 1 N–H and O–H groups in total. The van der Waals surface area contributed by atoms with Crippen molar-refractivity contribution in [3.05, 3.63) is 54.6 Å². The highest BCUT2D eigenvalue weighted by Gasteiger charge is 2.12. The smallest absolute Gasteiger partial charge is 0.127 e.